The maximum Gasteiger partial charge on any atom is 0.255 e. The maximum absolute atomic E-state index is 13.6. The highest BCUT2D eigenvalue weighted by Crippen LogP contribution is 2.36. The number of hydrazine groups is 1. The predicted molar refractivity (Wildman–Crippen MR) is 153 cm³/mol. The molecule has 1 aromatic carbocycles. The lowest BCUT2D eigenvalue weighted by Gasteiger charge is -2.35. The molecule has 1 amide bonds. The molecule has 1 saturated heterocycles. The minimum atomic E-state index is -3.67. The van der Waals surface area contributed by atoms with E-state index in [9.17, 15) is 13.2 Å². The molecule has 1 aliphatic heterocycles. The fraction of sp³-hybridized carbons (Fsp3) is 0.536. The van der Waals surface area contributed by atoms with Gasteiger partial charge >= 0.3 is 0 Å². The van der Waals surface area contributed by atoms with Gasteiger partial charge in [-0.05, 0) is 55.9 Å². The second kappa shape index (κ2) is 12.3. The summed E-state index contributed by atoms with van der Waals surface area (Å²) >= 11 is 1.31. The van der Waals surface area contributed by atoms with E-state index in [-0.39, 0.29) is 10.8 Å². The molecule has 11 heteroatoms. The minimum Gasteiger partial charge on any atom is -0.481 e. The van der Waals surface area contributed by atoms with Crippen LogP contribution in [0.2, 0.25) is 0 Å². The molecule has 0 bridgehead atoms. The number of ether oxygens (including phenoxy) is 1. The first-order chi connectivity index (χ1) is 18.9. The summed E-state index contributed by atoms with van der Waals surface area (Å²) in [6.07, 6.45) is 8.46. The number of piperidine rings is 1. The lowest BCUT2D eigenvalue weighted by atomic mass is 9.87. The van der Waals surface area contributed by atoms with E-state index in [0.717, 1.165) is 57.2 Å². The van der Waals surface area contributed by atoms with Gasteiger partial charge in [0.15, 0.2) is 5.13 Å². The Bertz CT molecular complexity index is 1380. The Hall–Kier alpha value is -2.60. The van der Waals surface area contributed by atoms with Crippen LogP contribution in [0.1, 0.15) is 69.8 Å². The quantitative estimate of drug-likeness (QED) is 0.347. The van der Waals surface area contributed by atoms with Gasteiger partial charge in [-0.2, -0.15) is 0 Å². The highest BCUT2D eigenvalue weighted by molar-refractivity contribution is 7.89. The van der Waals surface area contributed by atoms with E-state index in [1.165, 1.54) is 28.6 Å². The average Bonchev–Trinajstić information content (AvgIpc) is 3.61. The van der Waals surface area contributed by atoms with Crippen LogP contribution in [0.4, 0.5) is 5.13 Å². The monoisotopic (exact) mass is 571 g/mol. The van der Waals surface area contributed by atoms with Gasteiger partial charge in [0.1, 0.15) is 10.3 Å². The van der Waals surface area contributed by atoms with E-state index >= 15 is 0 Å². The van der Waals surface area contributed by atoms with Crippen molar-refractivity contribution >= 4 is 42.7 Å². The Morgan fingerprint density at radius 1 is 1.08 bits per heavy atom. The van der Waals surface area contributed by atoms with Crippen LogP contribution in [0.15, 0.2) is 41.3 Å². The molecule has 39 heavy (non-hydrogen) atoms. The van der Waals surface area contributed by atoms with Crippen molar-refractivity contribution in [1.29, 1.82) is 0 Å². The number of thiazole rings is 1. The van der Waals surface area contributed by atoms with Crippen molar-refractivity contribution in [3.8, 4) is 5.88 Å². The number of rotatable bonds is 10. The summed E-state index contributed by atoms with van der Waals surface area (Å²) in [5.41, 5.74) is 1.52. The van der Waals surface area contributed by atoms with E-state index in [2.05, 4.69) is 15.3 Å². The number of nitrogens with one attached hydrogen (secondary N) is 1. The summed E-state index contributed by atoms with van der Waals surface area (Å²) < 4.78 is 33.7. The van der Waals surface area contributed by atoms with Crippen LogP contribution in [0.5, 0.6) is 5.88 Å². The van der Waals surface area contributed by atoms with Crippen LogP contribution in [0.25, 0.3) is 10.3 Å². The molecule has 1 N–H and O–H groups in total. The number of nitrogens with zero attached hydrogens (tertiary/aromatic N) is 4. The lowest BCUT2D eigenvalue weighted by molar-refractivity contribution is -0.118. The van der Waals surface area contributed by atoms with Crippen LogP contribution in [-0.4, -0.2) is 60.5 Å². The van der Waals surface area contributed by atoms with Crippen molar-refractivity contribution in [2.24, 2.45) is 5.92 Å². The molecular weight excluding hydrogens is 534 g/mol. The summed E-state index contributed by atoms with van der Waals surface area (Å²) in [6.45, 7) is 3.77. The fourth-order valence-corrected chi connectivity index (χ4v) is 8.11. The van der Waals surface area contributed by atoms with Crippen molar-refractivity contribution in [3.05, 3.63) is 42.0 Å². The number of aromatic nitrogens is 2. The van der Waals surface area contributed by atoms with Gasteiger partial charge < -0.3 is 10.1 Å². The van der Waals surface area contributed by atoms with Crippen molar-refractivity contribution in [2.45, 2.75) is 69.1 Å². The molecule has 0 radical (unpaired) electrons. The molecule has 0 spiro atoms. The van der Waals surface area contributed by atoms with Crippen LogP contribution < -0.4 is 10.1 Å². The second-order valence-corrected chi connectivity index (χ2v) is 13.2. The standard InChI is InChI=1S/C28H37N5O4S2/c1-3-33(32-17-7-4-8-18-32)39(35,36)22-13-11-21(12-14-22)23(19-20-9-5-6-10-20)26(34)31-28-29-24-15-16-25(37-2)30-27(24)38-28/h11-16,20,23H,3-10,17-19H2,1-2H3,(H,29,31,34). The molecule has 1 aliphatic carbocycles. The van der Waals surface area contributed by atoms with E-state index in [1.807, 2.05) is 18.0 Å². The van der Waals surface area contributed by atoms with Gasteiger partial charge in [-0.3, -0.25) is 4.79 Å². The van der Waals surface area contributed by atoms with E-state index < -0.39 is 15.9 Å². The van der Waals surface area contributed by atoms with E-state index in [1.54, 1.807) is 37.4 Å². The number of fused-ring (bicyclic) bond motifs is 1. The van der Waals surface area contributed by atoms with Crippen LogP contribution in [-0.2, 0) is 14.8 Å². The number of sulfonamides is 1. The number of amides is 1. The van der Waals surface area contributed by atoms with Gasteiger partial charge in [0.05, 0.1) is 17.9 Å². The summed E-state index contributed by atoms with van der Waals surface area (Å²) in [6, 6.07) is 10.5. The van der Waals surface area contributed by atoms with Crippen molar-refractivity contribution in [3.63, 3.8) is 0 Å². The number of methoxy groups -OCH3 is 1. The normalized spacial score (nSPS) is 18.0. The highest BCUT2D eigenvalue weighted by atomic mass is 32.2. The molecule has 1 saturated carbocycles. The summed E-state index contributed by atoms with van der Waals surface area (Å²) in [7, 11) is -2.11. The molecule has 9 nitrogen and oxygen atoms in total. The first-order valence-corrected chi connectivity index (χ1v) is 16.1. The third-order valence-electron chi connectivity index (χ3n) is 7.81. The lowest BCUT2D eigenvalue weighted by Crippen LogP contribution is -2.48. The van der Waals surface area contributed by atoms with Crippen molar-refractivity contribution in [2.75, 3.05) is 32.1 Å². The molecule has 210 valence electrons. The van der Waals surface area contributed by atoms with Crippen molar-refractivity contribution < 1.29 is 17.9 Å². The minimum absolute atomic E-state index is 0.132. The SMILES string of the molecule is CCN(N1CCCCC1)S(=O)(=O)c1ccc(C(CC2CCCC2)C(=O)Nc2nc3ccc(OC)nc3s2)cc1. The molecule has 2 aromatic heterocycles. The van der Waals surface area contributed by atoms with Gasteiger partial charge in [0.2, 0.25) is 11.8 Å². The summed E-state index contributed by atoms with van der Waals surface area (Å²) in [5, 5.41) is 5.45. The number of hydrogen-bond donors (Lipinski definition) is 1. The number of benzene rings is 1. The van der Waals surface area contributed by atoms with Gasteiger partial charge in [-0.15, -0.1) is 4.41 Å². The number of carbonyl (C=O) groups is 1. The molecule has 1 unspecified atom stereocenters. The number of carbonyl (C=O) groups excluding carboxylic acids is 1. The zero-order valence-corrected chi connectivity index (χ0v) is 24.3. The third-order valence-corrected chi connectivity index (χ3v) is 10.6. The maximum atomic E-state index is 13.6. The Kier molecular flexibility index (Phi) is 8.80. The Morgan fingerprint density at radius 3 is 2.46 bits per heavy atom. The first kappa shape index (κ1) is 27.9. The molecule has 3 heterocycles. The predicted octanol–water partition coefficient (Wildman–Crippen LogP) is 5.41. The summed E-state index contributed by atoms with van der Waals surface area (Å²) in [5.74, 6) is 0.441. The van der Waals surface area contributed by atoms with Gasteiger partial charge in [-0.25, -0.2) is 23.4 Å². The smallest absolute Gasteiger partial charge is 0.255 e. The second-order valence-electron chi connectivity index (χ2n) is 10.4. The Balaban J connectivity index is 1.37. The highest BCUT2D eigenvalue weighted by Gasteiger charge is 2.31. The fourth-order valence-electron chi connectivity index (χ4n) is 5.75. The summed E-state index contributed by atoms with van der Waals surface area (Å²) in [4.78, 5) is 23.5. The molecule has 1 atom stereocenters. The average molecular weight is 572 g/mol. The zero-order valence-electron chi connectivity index (χ0n) is 22.6. The topological polar surface area (TPSA) is 105 Å². The van der Waals surface area contributed by atoms with E-state index in [0.29, 0.717) is 33.8 Å². The van der Waals surface area contributed by atoms with Crippen LogP contribution >= 0.6 is 11.3 Å². The largest absolute Gasteiger partial charge is 0.481 e. The van der Waals surface area contributed by atoms with Crippen LogP contribution in [0, 0.1) is 5.92 Å². The first-order valence-electron chi connectivity index (χ1n) is 13.9. The molecular formula is C28H37N5O4S2. The zero-order chi connectivity index (χ0) is 27.4. The van der Waals surface area contributed by atoms with Crippen LogP contribution in [0.3, 0.4) is 0 Å². The molecule has 5 rings (SSSR count). The molecule has 2 fully saturated rings. The number of anilines is 1. The van der Waals surface area contributed by atoms with Gasteiger partial charge in [0, 0.05) is 25.7 Å². The number of pyridine rings is 1. The van der Waals surface area contributed by atoms with E-state index in [4.69, 9.17) is 4.74 Å². The van der Waals surface area contributed by atoms with Crippen molar-refractivity contribution in [1.82, 2.24) is 19.4 Å². The van der Waals surface area contributed by atoms with Gasteiger partial charge in [-0.1, -0.05) is 55.6 Å². The number of hydrogen-bond acceptors (Lipinski definition) is 8. The Morgan fingerprint density at radius 2 is 1.79 bits per heavy atom. The van der Waals surface area contributed by atoms with Gasteiger partial charge in [0.25, 0.3) is 10.0 Å². The third kappa shape index (κ3) is 6.26. The molecule has 3 aromatic rings. The Labute approximate surface area is 234 Å². The molecule has 2 aliphatic rings.